The van der Waals surface area contributed by atoms with Gasteiger partial charge in [0.1, 0.15) is 23.6 Å². The number of carbonyl (C=O) groups is 1. The summed E-state index contributed by atoms with van der Waals surface area (Å²) in [6, 6.07) is 5.08. The number of nitrogens with zero attached hydrogens (tertiary/aromatic N) is 3. The standard InChI is InChI=1S/C12H13N3O2/c1-8-4-5-11(14-9(8)7-13)15-6-2-3-10(15)12(16)17/h4-5,10H,2-3,6H2,1H3,(H,16,17)/t10-/m1/s1. The van der Waals surface area contributed by atoms with Crippen LogP contribution in [0.4, 0.5) is 5.82 Å². The first kappa shape index (κ1) is 11.4. The van der Waals surface area contributed by atoms with Crippen LogP contribution in [0, 0.1) is 18.3 Å². The molecule has 1 fully saturated rings. The number of carboxylic acid groups (broad SMARTS) is 1. The van der Waals surface area contributed by atoms with Crippen LogP contribution in [0.2, 0.25) is 0 Å². The number of carboxylic acids is 1. The predicted molar refractivity (Wildman–Crippen MR) is 61.7 cm³/mol. The molecule has 2 heterocycles. The summed E-state index contributed by atoms with van der Waals surface area (Å²) >= 11 is 0. The zero-order chi connectivity index (χ0) is 12.4. The lowest BCUT2D eigenvalue weighted by atomic mass is 10.2. The van der Waals surface area contributed by atoms with E-state index in [2.05, 4.69) is 4.98 Å². The largest absolute Gasteiger partial charge is 0.480 e. The normalized spacial score (nSPS) is 19.1. The summed E-state index contributed by atoms with van der Waals surface area (Å²) in [4.78, 5) is 17.0. The van der Waals surface area contributed by atoms with Crippen molar-refractivity contribution in [1.82, 2.24) is 4.98 Å². The third kappa shape index (κ3) is 2.07. The molecule has 1 saturated heterocycles. The van der Waals surface area contributed by atoms with Crippen LogP contribution in [0.1, 0.15) is 24.1 Å². The van der Waals surface area contributed by atoms with Crippen LogP contribution in [0.3, 0.4) is 0 Å². The Labute approximate surface area is 99.3 Å². The summed E-state index contributed by atoms with van der Waals surface area (Å²) in [5.74, 6) is -0.250. The Morgan fingerprint density at radius 3 is 3.06 bits per heavy atom. The molecule has 0 bridgehead atoms. The molecule has 5 nitrogen and oxygen atoms in total. The number of aliphatic carboxylic acids is 1. The Morgan fingerprint density at radius 2 is 2.41 bits per heavy atom. The van der Waals surface area contributed by atoms with Gasteiger partial charge in [0.05, 0.1) is 0 Å². The highest BCUT2D eigenvalue weighted by atomic mass is 16.4. The minimum atomic E-state index is -0.830. The van der Waals surface area contributed by atoms with E-state index < -0.39 is 12.0 Å². The zero-order valence-corrected chi connectivity index (χ0v) is 9.55. The summed E-state index contributed by atoms with van der Waals surface area (Å²) < 4.78 is 0. The summed E-state index contributed by atoms with van der Waals surface area (Å²) in [5, 5.41) is 18.0. The molecule has 2 rings (SSSR count). The molecule has 1 N–H and O–H groups in total. The summed E-state index contributed by atoms with van der Waals surface area (Å²) in [5.41, 5.74) is 1.17. The van der Waals surface area contributed by atoms with E-state index in [1.54, 1.807) is 17.0 Å². The Kier molecular flexibility index (Phi) is 2.96. The first-order valence-corrected chi connectivity index (χ1v) is 5.50. The molecule has 1 aromatic heterocycles. The third-order valence-corrected chi connectivity index (χ3v) is 3.02. The van der Waals surface area contributed by atoms with Gasteiger partial charge in [0, 0.05) is 6.54 Å². The Morgan fingerprint density at radius 1 is 1.65 bits per heavy atom. The van der Waals surface area contributed by atoms with Crippen LogP contribution in [-0.4, -0.2) is 28.6 Å². The van der Waals surface area contributed by atoms with E-state index in [4.69, 9.17) is 10.4 Å². The predicted octanol–water partition coefficient (Wildman–Crippen LogP) is 1.32. The third-order valence-electron chi connectivity index (χ3n) is 3.02. The second-order valence-corrected chi connectivity index (χ2v) is 4.14. The minimum absolute atomic E-state index is 0.360. The number of rotatable bonds is 2. The van der Waals surface area contributed by atoms with Gasteiger partial charge in [-0.3, -0.25) is 0 Å². The molecule has 0 saturated carbocycles. The molecule has 1 aromatic rings. The van der Waals surface area contributed by atoms with Crippen molar-refractivity contribution in [2.75, 3.05) is 11.4 Å². The Balaban J connectivity index is 2.34. The lowest BCUT2D eigenvalue weighted by Crippen LogP contribution is -2.36. The molecule has 1 atom stereocenters. The van der Waals surface area contributed by atoms with Gasteiger partial charge < -0.3 is 10.0 Å². The molecule has 1 aliphatic heterocycles. The number of aromatic nitrogens is 1. The van der Waals surface area contributed by atoms with Crippen molar-refractivity contribution in [3.8, 4) is 6.07 Å². The van der Waals surface area contributed by atoms with Gasteiger partial charge in [-0.25, -0.2) is 9.78 Å². The van der Waals surface area contributed by atoms with Gasteiger partial charge in [0.25, 0.3) is 0 Å². The monoisotopic (exact) mass is 231 g/mol. The average Bonchev–Trinajstić information content (AvgIpc) is 2.78. The molecule has 0 radical (unpaired) electrons. The van der Waals surface area contributed by atoms with E-state index in [0.717, 1.165) is 12.0 Å². The summed E-state index contributed by atoms with van der Waals surface area (Å²) in [6.07, 6.45) is 1.47. The SMILES string of the molecule is Cc1ccc(N2CCC[C@@H]2C(=O)O)nc1C#N. The molecule has 0 aliphatic carbocycles. The fourth-order valence-corrected chi connectivity index (χ4v) is 2.09. The molecule has 88 valence electrons. The van der Waals surface area contributed by atoms with E-state index in [1.807, 2.05) is 13.0 Å². The second-order valence-electron chi connectivity index (χ2n) is 4.14. The average molecular weight is 231 g/mol. The molecular weight excluding hydrogens is 218 g/mol. The van der Waals surface area contributed by atoms with Crippen LogP contribution in [-0.2, 0) is 4.79 Å². The van der Waals surface area contributed by atoms with Gasteiger partial charge in [-0.1, -0.05) is 6.07 Å². The van der Waals surface area contributed by atoms with Gasteiger partial charge in [-0.2, -0.15) is 5.26 Å². The molecule has 0 spiro atoms. The van der Waals surface area contributed by atoms with Crippen LogP contribution >= 0.6 is 0 Å². The van der Waals surface area contributed by atoms with Gasteiger partial charge in [-0.05, 0) is 31.4 Å². The maximum absolute atomic E-state index is 11.1. The number of anilines is 1. The van der Waals surface area contributed by atoms with E-state index >= 15 is 0 Å². The molecular formula is C12H13N3O2. The van der Waals surface area contributed by atoms with Crippen molar-refractivity contribution in [1.29, 1.82) is 5.26 Å². The molecule has 17 heavy (non-hydrogen) atoms. The minimum Gasteiger partial charge on any atom is -0.480 e. The van der Waals surface area contributed by atoms with E-state index in [9.17, 15) is 4.79 Å². The van der Waals surface area contributed by atoms with Gasteiger partial charge in [0.2, 0.25) is 0 Å². The van der Waals surface area contributed by atoms with Crippen molar-refractivity contribution in [2.24, 2.45) is 0 Å². The van der Waals surface area contributed by atoms with Gasteiger partial charge in [0.15, 0.2) is 0 Å². The van der Waals surface area contributed by atoms with Crippen LogP contribution in [0.25, 0.3) is 0 Å². The highest BCUT2D eigenvalue weighted by Crippen LogP contribution is 2.24. The first-order chi connectivity index (χ1) is 8.13. The topological polar surface area (TPSA) is 77.2 Å². The maximum Gasteiger partial charge on any atom is 0.326 e. The van der Waals surface area contributed by atoms with Gasteiger partial charge in [-0.15, -0.1) is 0 Å². The van der Waals surface area contributed by atoms with Gasteiger partial charge >= 0.3 is 5.97 Å². The Bertz CT molecular complexity index is 493. The van der Waals surface area contributed by atoms with E-state index in [0.29, 0.717) is 24.5 Å². The maximum atomic E-state index is 11.1. The van der Waals surface area contributed by atoms with Crippen molar-refractivity contribution in [3.63, 3.8) is 0 Å². The highest BCUT2D eigenvalue weighted by molar-refractivity contribution is 5.78. The molecule has 0 unspecified atom stereocenters. The van der Waals surface area contributed by atoms with Crippen molar-refractivity contribution >= 4 is 11.8 Å². The van der Waals surface area contributed by atoms with Crippen LogP contribution in [0.5, 0.6) is 0 Å². The number of aryl methyl sites for hydroxylation is 1. The van der Waals surface area contributed by atoms with Crippen molar-refractivity contribution < 1.29 is 9.90 Å². The lowest BCUT2D eigenvalue weighted by molar-refractivity contribution is -0.138. The Hall–Kier alpha value is -2.09. The second kappa shape index (κ2) is 4.42. The summed E-state index contributed by atoms with van der Waals surface area (Å²) in [6.45, 7) is 2.49. The fraction of sp³-hybridized carbons (Fsp3) is 0.417. The smallest absolute Gasteiger partial charge is 0.326 e. The highest BCUT2D eigenvalue weighted by Gasteiger charge is 2.31. The number of hydrogen-bond donors (Lipinski definition) is 1. The van der Waals surface area contributed by atoms with E-state index in [-0.39, 0.29) is 0 Å². The van der Waals surface area contributed by atoms with Crippen molar-refractivity contribution in [3.05, 3.63) is 23.4 Å². The van der Waals surface area contributed by atoms with Crippen molar-refractivity contribution in [2.45, 2.75) is 25.8 Å². The summed E-state index contributed by atoms with van der Waals surface area (Å²) in [7, 11) is 0. The molecule has 1 aliphatic rings. The van der Waals surface area contributed by atoms with Crippen LogP contribution < -0.4 is 4.90 Å². The quantitative estimate of drug-likeness (QED) is 0.830. The number of hydrogen-bond acceptors (Lipinski definition) is 4. The van der Waals surface area contributed by atoms with Crippen LogP contribution in [0.15, 0.2) is 12.1 Å². The lowest BCUT2D eigenvalue weighted by Gasteiger charge is -2.22. The molecule has 5 heteroatoms. The number of nitriles is 1. The molecule has 0 amide bonds. The fourth-order valence-electron chi connectivity index (χ4n) is 2.09. The molecule has 0 aromatic carbocycles. The van der Waals surface area contributed by atoms with E-state index in [1.165, 1.54) is 0 Å². The first-order valence-electron chi connectivity index (χ1n) is 5.50. The zero-order valence-electron chi connectivity index (χ0n) is 9.55. The number of pyridine rings is 1.